The van der Waals surface area contributed by atoms with Gasteiger partial charge in [0, 0.05) is 25.9 Å². The molecule has 0 fully saturated rings. The molecular formula is C13H14N6. The van der Waals surface area contributed by atoms with Gasteiger partial charge in [-0.3, -0.25) is 0 Å². The molecule has 6 heteroatoms. The van der Waals surface area contributed by atoms with Gasteiger partial charge in [0.05, 0.1) is 5.52 Å². The number of hydrogen-bond donors (Lipinski definition) is 2. The normalized spacial score (nSPS) is 10.8. The Hall–Kier alpha value is -2.63. The van der Waals surface area contributed by atoms with Crippen molar-refractivity contribution >= 4 is 22.8 Å². The predicted octanol–water partition coefficient (Wildman–Crippen LogP) is 1.67. The highest BCUT2D eigenvalue weighted by Crippen LogP contribution is 2.21. The van der Waals surface area contributed by atoms with Gasteiger partial charge in [-0.25, -0.2) is 15.0 Å². The van der Waals surface area contributed by atoms with E-state index in [0.717, 1.165) is 22.7 Å². The van der Waals surface area contributed by atoms with Crippen molar-refractivity contribution in [1.82, 2.24) is 19.9 Å². The molecule has 3 heterocycles. The first kappa shape index (κ1) is 11.5. The van der Waals surface area contributed by atoms with Crippen molar-refractivity contribution < 1.29 is 0 Å². The molecule has 0 saturated carbocycles. The standard InChI is InChI=1S/C13H14N6/c1-19(2)11-6-4-9-13(17-11)18-12(16-9)8-3-5-10(14)15-7-8/h3-7H,1-2H3,(H2,14,15)(H,16,17,18). The molecule has 0 saturated heterocycles. The van der Waals surface area contributed by atoms with Crippen LogP contribution in [-0.2, 0) is 0 Å². The van der Waals surface area contributed by atoms with Crippen LogP contribution in [0.25, 0.3) is 22.6 Å². The molecule has 0 radical (unpaired) electrons. The van der Waals surface area contributed by atoms with E-state index in [1.165, 1.54) is 0 Å². The highest BCUT2D eigenvalue weighted by Gasteiger charge is 2.08. The molecule has 0 atom stereocenters. The summed E-state index contributed by atoms with van der Waals surface area (Å²) in [4.78, 5) is 18.2. The van der Waals surface area contributed by atoms with Gasteiger partial charge in [0.2, 0.25) is 0 Å². The first-order valence-corrected chi connectivity index (χ1v) is 5.89. The number of anilines is 2. The Kier molecular flexibility index (Phi) is 2.56. The van der Waals surface area contributed by atoms with Crippen molar-refractivity contribution in [3.63, 3.8) is 0 Å². The largest absolute Gasteiger partial charge is 0.384 e. The molecule has 0 aliphatic heterocycles. The minimum Gasteiger partial charge on any atom is -0.384 e. The maximum Gasteiger partial charge on any atom is 0.180 e. The van der Waals surface area contributed by atoms with E-state index >= 15 is 0 Å². The number of aromatic amines is 1. The van der Waals surface area contributed by atoms with Crippen molar-refractivity contribution in [2.75, 3.05) is 24.7 Å². The van der Waals surface area contributed by atoms with Crippen LogP contribution < -0.4 is 10.6 Å². The molecule has 0 amide bonds. The number of fused-ring (bicyclic) bond motifs is 1. The number of pyridine rings is 2. The Morgan fingerprint density at radius 3 is 2.63 bits per heavy atom. The third-order valence-electron chi connectivity index (χ3n) is 2.85. The number of nitrogens with zero attached hydrogens (tertiary/aromatic N) is 4. The van der Waals surface area contributed by atoms with Gasteiger partial charge in [-0.05, 0) is 24.3 Å². The molecule has 19 heavy (non-hydrogen) atoms. The minimum absolute atomic E-state index is 0.493. The Balaban J connectivity index is 2.08. The quantitative estimate of drug-likeness (QED) is 0.726. The zero-order valence-electron chi connectivity index (χ0n) is 10.8. The summed E-state index contributed by atoms with van der Waals surface area (Å²) in [6.45, 7) is 0. The van der Waals surface area contributed by atoms with Gasteiger partial charge in [0.15, 0.2) is 5.65 Å². The third-order valence-corrected chi connectivity index (χ3v) is 2.85. The number of nitrogens with one attached hydrogen (secondary N) is 1. The highest BCUT2D eigenvalue weighted by molar-refractivity contribution is 5.77. The zero-order valence-corrected chi connectivity index (χ0v) is 10.8. The molecule has 3 rings (SSSR count). The van der Waals surface area contributed by atoms with E-state index in [4.69, 9.17) is 5.73 Å². The van der Waals surface area contributed by atoms with Gasteiger partial charge in [0.1, 0.15) is 17.5 Å². The Morgan fingerprint density at radius 1 is 1.11 bits per heavy atom. The second-order valence-electron chi connectivity index (χ2n) is 4.49. The van der Waals surface area contributed by atoms with Crippen LogP contribution in [0.3, 0.4) is 0 Å². The van der Waals surface area contributed by atoms with E-state index in [1.807, 2.05) is 37.2 Å². The molecule has 3 N–H and O–H groups in total. The minimum atomic E-state index is 0.493. The number of H-pyrrole nitrogens is 1. The second-order valence-corrected chi connectivity index (χ2v) is 4.49. The third kappa shape index (κ3) is 2.08. The highest BCUT2D eigenvalue weighted by atomic mass is 15.1. The van der Waals surface area contributed by atoms with Gasteiger partial charge < -0.3 is 15.6 Å². The molecule has 0 aromatic carbocycles. The molecule has 0 aliphatic rings. The van der Waals surface area contributed by atoms with Gasteiger partial charge in [0.25, 0.3) is 0 Å². The summed E-state index contributed by atoms with van der Waals surface area (Å²) in [7, 11) is 3.90. The van der Waals surface area contributed by atoms with Crippen LogP contribution in [0.5, 0.6) is 0 Å². The fraction of sp³-hybridized carbons (Fsp3) is 0.154. The van der Waals surface area contributed by atoms with Crippen LogP contribution in [0, 0.1) is 0 Å². The molecule has 6 nitrogen and oxygen atoms in total. The maximum absolute atomic E-state index is 5.57. The van der Waals surface area contributed by atoms with Crippen molar-refractivity contribution in [3.05, 3.63) is 30.5 Å². The summed E-state index contributed by atoms with van der Waals surface area (Å²) in [6, 6.07) is 7.55. The number of rotatable bonds is 2. The molecule has 3 aromatic heterocycles. The zero-order chi connectivity index (χ0) is 13.4. The molecule has 0 aliphatic carbocycles. The van der Waals surface area contributed by atoms with Crippen molar-refractivity contribution in [2.24, 2.45) is 0 Å². The summed E-state index contributed by atoms with van der Waals surface area (Å²) in [5, 5.41) is 0. The van der Waals surface area contributed by atoms with Gasteiger partial charge in [-0.1, -0.05) is 0 Å². The first-order valence-electron chi connectivity index (χ1n) is 5.89. The van der Waals surface area contributed by atoms with Crippen molar-refractivity contribution in [2.45, 2.75) is 0 Å². The molecular weight excluding hydrogens is 240 g/mol. The Morgan fingerprint density at radius 2 is 1.95 bits per heavy atom. The van der Waals surface area contributed by atoms with Gasteiger partial charge in [-0.15, -0.1) is 0 Å². The summed E-state index contributed by atoms with van der Waals surface area (Å²) in [5.74, 6) is 2.11. The van der Waals surface area contributed by atoms with Crippen LogP contribution in [-0.4, -0.2) is 34.0 Å². The van der Waals surface area contributed by atoms with E-state index in [0.29, 0.717) is 11.5 Å². The average molecular weight is 254 g/mol. The lowest BCUT2D eigenvalue weighted by atomic mass is 10.3. The Bertz CT molecular complexity index is 714. The van der Waals surface area contributed by atoms with Crippen molar-refractivity contribution in [3.8, 4) is 11.4 Å². The monoisotopic (exact) mass is 254 g/mol. The smallest absolute Gasteiger partial charge is 0.180 e. The summed E-state index contributed by atoms with van der Waals surface area (Å²) >= 11 is 0. The number of aromatic nitrogens is 4. The molecule has 3 aromatic rings. The van der Waals surface area contributed by atoms with Crippen LogP contribution in [0.15, 0.2) is 30.5 Å². The first-order chi connectivity index (χ1) is 9.13. The number of imidazole rings is 1. The lowest BCUT2D eigenvalue weighted by Gasteiger charge is -2.09. The average Bonchev–Trinajstić information content (AvgIpc) is 2.82. The molecule has 0 unspecified atom stereocenters. The lowest BCUT2D eigenvalue weighted by molar-refractivity contribution is 1.08. The van der Waals surface area contributed by atoms with Crippen molar-refractivity contribution in [1.29, 1.82) is 0 Å². The topological polar surface area (TPSA) is 83.7 Å². The predicted molar refractivity (Wildman–Crippen MR) is 75.9 cm³/mol. The lowest BCUT2D eigenvalue weighted by Crippen LogP contribution is -2.10. The molecule has 0 bridgehead atoms. The second kappa shape index (κ2) is 4.24. The van der Waals surface area contributed by atoms with Crippen LogP contribution >= 0.6 is 0 Å². The molecule has 0 spiro atoms. The SMILES string of the molecule is CN(C)c1ccc2[nH]c(-c3ccc(N)nc3)nc2n1. The summed E-state index contributed by atoms with van der Waals surface area (Å²) in [5.41, 5.74) is 8.05. The van der Waals surface area contributed by atoms with Crippen LogP contribution in [0.1, 0.15) is 0 Å². The van der Waals surface area contributed by atoms with E-state index in [1.54, 1.807) is 12.3 Å². The van der Waals surface area contributed by atoms with Gasteiger partial charge >= 0.3 is 0 Å². The van der Waals surface area contributed by atoms with E-state index in [9.17, 15) is 0 Å². The number of hydrogen-bond acceptors (Lipinski definition) is 5. The number of nitrogens with two attached hydrogens (primary N) is 1. The van der Waals surface area contributed by atoms with E-state index in [2.05, 4.69) is 19.9 Å². The van der Waals surface area contributed by atoms with Crippen LogP contribution in [0.4, 0.5) is 11.6 Å². The van der Waals surface area contributed by atoms with E-state index < -0.39 is 0 Å². The summed E-state index contributed by atoms with van der Waals surface area (Å²) in [6.07, 6.45) is 1.69. The fourth-order valence-electron chi connectivity index (χ4n) is 1.81. The Labute approximate surface area is 110 Å². The summed E-state index contributed by atoms with van der Waals surface area (Å²) < 4.78 is 0. The number of nitrogen functional groups attached to an aromatic ring is 1. The van der Waals surface area contributed by atoms with Gasteiger partial charge in [-0.2, -0.15) is 0 Å². The van der Waals surface area contributed by atoms with E-state index in [-0.39, 0.29) is 0 Å². The van der Waals surface area contributed by atoms with Crippen LogP contribution in [0.2, 0.25) is 0 Å². The fourth-order valence-corrected chi connectivity index (χ4v) is 1.81. The maximum atomic E-state index is 5.57. The molecule has 96 valence electrons.